The Labute approximate surface area is 148 Å². The average molecular weight is 349 g/mol. The molecule has 1 amide bonds. The van der Waals surface area contributed by atoms with Crippen LogP contribution in [0.25, 0.3) is 0 Å². The van der Waals surface area contributed by atoms with Crippen molar-refractivity contribution >= 4 is 11.9 Å². The molecule has 2 rings (SSSR count). The van der Waals surface area contributed by atoms with Gasteiger partial charge in [0.1, 0.15) is 6.04 Å². The Morgan fingerprint density at radius 3 is 2.52 bits per heavy atom. The number of hydrogen-bond donors (Lipinski definition) is 1. The normalized spacial score (nSPS) is 14.7. The molecule has 1 saturated carbocycles. The summed E-state index contributed by atoms with van der Waals surface area (Å²) in [6, 6.07) is 4.21. The van der Waals surface area contributed by atoms with E-state index in [1.54, 1.807) is 25.1 Å². The van der Waals surface area contributed by atoms with Crippen molar-refractivity contribution < 1.29 is 24.2 Å². The van der Waals surface area contributed by atoms with Gasteiger partial charge in [-0.1, -0.05) is 13.3 Å². The molecule has 1 aliphatic carbocycles. The van der Waals surface area contributed by atoms with Gasteiger partial charge in [-0.15, -0.1) is 0 Å². The average Bonchev–Trinajstić information content (AvgIpc) is 3.41. The van der Waals surface area contributed by atoms with Gasteiger partial charge in [-0.25, -0.2) is 4.79 Å². The SMILES string of the molecule is CCCCOc1ccc(C(=O)N(C2CC2)C(C)C(=O)O)cc1OCC. The molecule has 0 heterocycles. The number of unbranched alkanes of at least 4 members (excludes halogenated alkanes) is 1. The van der Waals surface area contributed by atoms with Gasteiger partial charge in [-0.3, -0.25) is 4.79 Å². The molecule has 0 bridgehead atoms. The Balaban J connectivity index is 2.23. The molecule has 1 aromatic rings. The fourth-order valence-corrected chi connectivity index (χ4v) is 2.63. The van der Waals surface area contributed by atoms with E-state index in [9.17, 15) is 14.7 Å². The van der Waals surface area contributed by atoms with E-state index >= 15 is 0 Å². The number of rotatable bonds is 10. The lowest BCUT2D eigenvalue weighted by Crippen LogP contribution is -2.44. The highest BCUT2D eigenvalue weighted by Gasteiger charge is 2.38. The van der Waals surface area contributed by atoms with Crippen molar-refractivity contribution in [2.75, 3.05) is 13.2 Å². The molecule has 6 nitrogen and oxygen atoms in total. The molecule has 0 radical (unpaired) electrons. The second-order valence-electron chi connectivity index (χ2n) is 6.25. The summed E-state index contributed by atoms with van der Waals surface area (Å²) in [6.45, 7) is 6.55. The number of hydrogen-bond acceptors (Lipinski definition) is 4. The van der Waals surface area contributed by atoms with Gasteiger partial charge in [-0.2, -0.15) is 0 Å². The zero-order chi connectivity index (χ0) is 18.4. The van der Waals surface area contributed by atoms with Gasteiger partial charge in [0.25, 0.3) is 5.91 Å². The third-order valence-electron chi connectivity index (χ3n) is 4.20. The molecule has 1 aromatic carbocycles. The van der Waals surface area contributed by atoms with Gasteiger partial charge in [0.2, 0.25) is 0 Å². The summed E-state index contributed by atoms with van der Waals surface area (Å²) in [4.78, 5) is 25.7. The molecule has 1 fully saturated rings. The highest BCUT2D eigenvalue weighted by atomic mass is 16.5. The Kier molecular flexibility index (Phi) is 6.67. The first-order valence-electron chi connectivity index (χ1n) is 8.94. The molecule has 0 spiro atoms. The smallest absolute Gasteiger partial charge is 0.326 e. The van der Waals surface area contributed by atoms with E-state index in [2.05, 4.69) is 6.92 Å². The zero-order valence-corrected chi connectivity index (χ0v) is 15.2. The molecule has 6 heteroatoms. The number of carbonyl (C=O) groups is 2. The van der Waals surface area contributed by atoms with Crippen LogP contribution >= 0.6 is 0 Å². The number of carbonyl (C=O) groups excluding carboxylic acids is 1. The molecule has 1 atom stereocenters. The van der Waals surface area contributed by atoms with Crippen LogP contribution < -0.4 is 9.47 Å². The Morgan fingerprint density at radius 1 is 1.24 bits per heavy atom. The van der Waals surface area contributed by atoms with Crippen molar-refractivity contribution in [2.45, 2.75) is 58.5 Å². The van der Waals surface area contributed by atoms with Crippen LogP contribution in [0.15, 0.2) is 18.2 Å². The van der Waals surface area contributed by atoms with E-state index in [1.807, 2.05) is 6.92 Å². The van der Waals surface area contributed by atoms with Crippen molar-refractivity contribution in [3.63, 3.8) is 0 Å². The lowest BCUT2D eigenvalue weighted by Gasteiger charge is -2.26. The van der Waals surface area contributed by atoms with Crippen LogP contribution in [0.2, 0.25) is 0 Å². The lowest BCUT2D eigenvalue weighted by molar-refractivity contribution is -0.141. The highest BCUT2D eigenvalue weighted by Crippen LogP contribution is 2.33. The fraction of sp³-hybridized carbons (Fsp3) is 0.579. The van der Waals surface area contributed by atoms with E-state index in [1.165, 1.54) is 4.90 Å². The summed E-state index contributed by atoms with van der Waals surface area (Å²) in [5.74, 6) is -0.150. The minimum Gasteiger partial charge on any atom is -0.490 e. The first-order valence-corrected chi connectivity index (χ1v) is 8.94. The number of ether oxygens (including phenoxy) is 2. The monoisotopic (exact) mass is 349 g/mol. The van der Waals surface area contributed by atoms with E-state index in [-0.39, 0.29) is 11.9 Å². The summed E-state index contributed by atoms with van der Waals surface area (Å²) < 4.78 is 11.3. The summed E-state index contributed by atoms with van der Waals surface area (Å²) in [7, 11) is 0. The van der Waals surface area contributed by atoms with Crippen molar-refractivity contribution in [3.8, 4) is 11.5 Å². The Hall–Kier alpha value is -2.24. The second-order valence-corrected chi connectivity index (χ2v) is 6.25. The summed E-state index contributed by atoms with van der Waals surface area (Å²) in [5, 5.41) is 9.29. The van der Waals surface area contributed by atoms with Gasteiger partial charge < -0.3 is 19.5 Å². The van der Waals surface area contributed by atoms with E-state index < -0.39 is 12.0 Å². The van der Waals surface area contributed by atoms with Gasteiger partial charge >= 0.3 is 5.97 Å². The third kappa shape index (κ3) is 4.87. The van der Waals surface area contributed by atoms with Crippen LogP contribution in [0.1, 0.15) is 56.8 Å². The summed E-state index contributed by atoms with van der Waals surface area (Å²) in [5.41, 5.74) is 0.422. The van der Waals surface area contributed by atoms with E-state index in [0.29, 0.717) is 30.3 Å². The topological polar surface area (TPSA) is 76.1 Å². The first-order chi connectivity index (χ1) is 12.0. The minimum atomic E-state index is -0.996. The molecule has 0 aromatic heterocycles. The number of nitrogens with zero attached hydrogens (tertiary/aromatic N) is 1. The minimum absolute atomic E-state index is 0.00891. The fourth-order valence-electron chi connectivity index (χ4n) is 2.63. The maximum atomic E-state index is 12.9. The van der Waals surface area contributed by atoms with Crippen LogP contribution in [-0.2, 0) is 4.79 Å². The molecule has 138 valence electrons. The number of carboxylic acid groups (broad SMARTS) is 1. The summed E-state index contributed by atoms with van der Waals surface area (Å²) in [6.07, 6.45) is 3.67. The molecule has 1 unspecified atom stereocenters. The van der Waals surface area contributed by atoms with Crippen LogP contribution in [0, 0.1) is 0 Å². The predicted octanol–water partition coefficient (Wildman–Crippen LogP) is 3.34. The van der Waals surface area contributed by atoms with Crippen LogP contribution in [0.3, 0.4) is 0 Å². The molecule has 25 heavy (non-hydrogen) atoms. The zero-order valence-electron chi connectivity index (χ0n) is 15.2. The quantitative estimate of drug-likeness (QED) is 0.656. The molecule has 1 aliphatic rings. The van der Waals surface area contributed by atoms with Gasteiger partial charge in [-0.05, 0) is 51.3 Å². The van der Waals surface area contributed by atoms with Gasteiger partial charge in [0.15, 0.2) is 11.5 Å². The van der Waals surface area contributed by atoms with Crippen molar-refractivity contribution in [1.29, 1.82) is 0 Å². The maximum Gasteiger partial charge on any atom is 0.326 e. The first kappa shape index (κ1) is 19.1. The van der Waals surface area contributed by atoms with Crippen molar-refractivity contribution in [3.05, 3.63) is 23.8 Å². The molecular weight excluding hydrogens is 322 g/mol. The van der Waals surface area contributed by atoms with Crippen LogP contribution in [0.5, 0.6) is 11.5 Å². The molecular formula is C19H27NO5. The molecule has 0 aliphatic heterocycles. The number of benzene rings is 1. The second kappa shape index (κ2) is 8.74. The highest BCUT2D eigenvalue weighted by molar-refractivity contribution is 5.97. The predicted molar refractivity (Wildman–Crippen MR) is 94.3 cm³/mol. The Morgan fingerprint density at radius 2 is 1.96 bits per heavy atom. The van der Waals surface area contributed by atoms with E-state index in [0.717, 1.165) is 25.7 Å². The number of amides is 1. The van der Waals surface area contributed by atoms with Crippen molar-refractivity contribution in [1.82, 2.24) is 4.90 Å². The summed E-state index contributed by atoms with van der Waals surface area (Å²) >= 11 is 0. The number of aliphatic carboxylic acids is 1. The largest absolute Gasteiger partial charge is 0.490 e. The Bertz CT molecular complexity index is 612. The van der Waals surface area contributed by atoms with E-state index in [4.69, 9.17) is 9.47 Å². The standard InChI is InChI=1S/C19H27NO5/c1-4-6-11-25-16-10-7-14(12-17(16)24-5-2)18(21)20(15-8-9-15)13(3)19(22)23/h7,10,12-13,15H,4-6,8-9,11H2,1-3H3,(H,22,23). The van der Waals surface area contributed by atoms with Gasteiger partial charge in [0.05, 0.1) is 13.2 Å². The third-order valence-corrected chi connectivity index (χ3v) is 4.20. The molecule has 1 N–H and O–H groups in total. The maximum absolute atomic E-state index is 12.9. The van der Waals surface area contributed by atoms with Crippen molar-refractivity contribution in [2.24, 2.45) is 0 Å². The van der Waals surface area contributed by atoms with Gasteiger partial charge in [0, 0.05) is 11.6 Å². The van der Waals surface area contributed by atoms with Crippen LogP contribution in [-0.4, -0.2) is 47.2 Å². The lowest BCUT2D eigenvalue weighted by atomic mass is 10.1. The molecule has 0 saturated heterocycles. The number of carboxylic acids is 1. The van der Waals surface area contributed by atoms with Crippen LogP contribution in [0.4, 0.5) is 0 Å².